The van der Waals surface area contributed by atoms with Crippen molar-refractivity contribution in [2.45, 2.75) is 13.8 Å². The summed E-state index contributed by atoms with van der Waals surface area (Å²) in [5, 5.41) is 0. The maximum atomic E-state index is 3.78. The molecule has 0 heterocycles. The van der Waals surface area contributed by atoms with Crippen molar-refractivity contribution in [1.82, 2.24) is 0 Å². The molecule has 0 N–H and O–H groups in total. The third-order valence-electron chi connectivity index (χ3n) is 3.49. The highest BCUT2D eigenvalue weighted by molar-refractivity contribution is 5.70. The van der Waals surface area contributed by atoms with Gasteiger partial charge in [0.05, 0.1) is 0 Å². The summed E-state index contributed by atoms with van der Waals surface area (Å²) in [5.41, 5.74) is 6.08. The number of rotatable bonds is 5. The van der Waals surface area contributed by atoms with Gasteiger partial charge in [0.2, 0.25) is 0 Å². The Morgan fingerprint density at radius 2 is 1.68 bits per heavy atom. The van der Waals surface area contributed by atoms with Crippen molar-refractivity contribution < 1.29 is 0 Å². The first-order valence-corrected chi connectivity index (χ1v) is 7.54. The van der Waals surface area contributed by atoms with Gasteiger partial charge in [0.15, 0.2) is 0 Å². The Morgan fingerprint density at radius 1 is 0.955 bits per heavy atom. The van der Waals surface area contributed by atoms with E-state index in [4.69, 9.17) is 0 Å². The molecule has 0 fully saturated rings. The Balaban J connectivity index is 2.42. The molecular formula is C22H22. The number of hydrogen-bond acceptors (Lipinski definition) is 0. The largest absolute Gasteiger partial charge is 0.0991 e. The van der Waals surface area contributed by atoms with E-state index in [1.54, 1.807) is 0 Å². The van der Waals surface area contributed by atoms with Crippen LogP contribution in [0.15, 0.2) is 96.6 Å². The normalized spacial score (nSPS) is 12.6. The van der Waals surface area contributed by atoms with Crippen LogP contribution in [0.2, 0.25) is 0 Å². The third-order valence-corrected chi connectivity index (χ3v) is 3.49. The van der Waals surface area contributed by atoms with E-state index in [0.29, 0.717) is 0 Å². The molecule has 0 amide bonds. The monoisotopic (exact) mass is 286 g/mol. The standard InChI is InChI=1S/C22H22/c1-4-10-18(3)21(11-5-2)16-19-12-9-15-22(17-19)20-13-7-6-8-14-20/h4-17H,1H2,2-3H3/b11-5-,18-10-,21-16?. The summed E-state index contributed by atoms with van der Waals surface area (Å²) in [6.45, 7) is 7.92. The molecule has 2 aromatic carbocycles. The summed E-state index contributed by atoms with van der Waals surface area (Å²) >= 11 is 0. The van der Waals surface area contributed by atoms with Gasteiger partial charge >= 0.3 is 0 Å². The van der Waals surface area contributed by atoms with Crippen LogP contribution in [0.3, 0.4) is 0 Å². The molecule has 0 saturated heterocycles. The predicted molar refractivity (Wildman–Crippen MR) is 98.6 cm³/mol. The van der Waals surface area contributed by atoms with E-state index >= 15 is 0 Å². The summed E-state index contributed by atoms with van der Waals surface area (Å²) in [6, 6.07) is 19.1. The molecule has 110 valence electrons. The van der Waals surface area contributed by atoms with Crippen molar-refractivity contribution in [3.8, 4) is 11.1 Å². The van der Waals surface area contributed by atoms with Gasteiger partial charge in [-0.1, -0.05) is 79.4 Å². The fourth-order valence-corrected chi connectivity index (χ4v) is 2.36. The van der Waals surface area contributed by atoms with Gasteiger partial charge in [0.1, 0.15) is 0 Å². The average Bonchev–Trinajstić information content (AvgIpc) is 2.56. The minimum Gasteiger partial charge on any atom is -0.0991 e. The van der Waals surface area contributed by atoms with Gasteiger partial charge in [-0.25, -0.2) is 0 Å². The second-order valence-corrected chi connectivity index (χ2v) is 5.18. The Bertz CT molecular complexity index is 713. The molecule has 0 heteroatoms. The minimum absolute atomic E-state index is 1.20. The Hall–Kier alpha value is -2.60. The summed E-state index contributed by atoms with van der Waals surface area (Å²) in [5.74, 6) is 0. The molecule has 0 unspecified atom stereocenters. The Kier molecular flexibility index (Phi) is 5.73. The van der Waals surface area contributed by atoms with Crippen LogP contribution in [0, 0.1) is 0 Å². The zero-order valence-electron chi connectivity index (χ0n) is 13.3. The van der Waals surface area contributed by atoms with Gasteiger partial charge in [-0.3, -0.25) is 0 Å². The quantitative estimate of drug-likeness (QED) is 0.554. The topological polar surface area (TPSA) is 0 Å². The van der Waals surface area contributed by atoms with E-state index in [-0.39, 0.29) is 0 Å². The fourth-order valence-electron chi connectivity index (χ4n) is 2.36. The molecule has 0 aliphatic carbocycles. The first-order valence-electron chi connectivity index (χ1n) is 7.54. The number of benzene rings is 2. The van der Waals surface area contributed by atoms with Crippen molar-refractivity contribution in [1.29, 1.82) is 0 Å². The van der Waals surface area contributed by atoms with Crippen molar-refractivity contribution in [2.24, 2.45) is 0 Å². The van der Waals surface area contributed by atoms with Crippen LogP contribution in [0.25, 0.3) is 17.2 Å². The van der Waals surface area contributed by atoms with Gasteiger partial charge in [-0.05, 0) is 53.8 Å². The molecule has 0 aromatic heterocycles. The van der Waals surface area contributed by atoms with Crippen molar-refractivity contribution in [3.63, 3.8) is 0 Å². The molecule has 0 saturated carbocycles. The van der Waals surface area contributed by atoms with Crippen molar-refractivity contribution >= 4 is 6.08 Å². The SMILES string of the molecule is C=C/C=C(/C)C(=Cc1cccc(-c2ccccc2)c1)/C=C\C. The van der Waals surface area contributed by atoms with Gasteiger partial charge in [-0.2, -0.15) is 0 Å². The van der Waals surface area contributed by atoms with Gasteiger partial charge < -0.3 is 0 Å². The third kappa shape index (κ3) is 4.20. The highest BCUT2D eigenvalue weighted by Crippen LogP contribution is 2.23. The van der Waals surface area contributed by atoms with Gasteiger partial charge in [0, 0.05) is 0 Å². The van der Waals surface area contributed by atoms with E-state index in [0.717, 1.165) is 0 Å². The molecule has 0 aliphatic heterocycles. The summed E-state index contributed by atoms with van der Waals surface area (Å²) in [7, 11) is 0. The summed E-state index contributed by atoms with van der Waals surface area (Å²) in [6.07, 6.45) is 10.3. The first-order chi connectivity index (χ1) is 10.7. The first kappa shape index (κ1) is 15.8. The zero-order chi connectivity index (χ0) is 15.8. The zero-order valence-corrected chi connectivity index (χ0v) is 13.3. The van der Waals surface area contributed by atoms with Crippen LogP contribution in [0.5, 0.6) is 0 Å². The molecule has 2 aromatic rings. The summed E-state index contributed by atoms with van der Waals surface area (Å²) < 4.78 is 0. The molecule has 0 spiro atoms. The molecule has 0 nitrogen and oxygen atoms in total. The maximum Gasteiger partial charge on any atom is -0.0178 e. The van der Waals surface area contributed by atoms with Crippen LogP contribution in [0.1, 0.15) is 19.4 Å². The van der Waals surface area contributed by atoms with Gasteiger partial charge in [-0.15, -0.1) is 0 Å². The molecule has 0 radical (unpaired) electrons. The number of hydrogen-bond donors (Lipinski definition) is 0. The maximum absolute atomic E-state index is 3.78. The van der Waals surface area contributed by atoms with Crippen molar-refractivity contribution in [3.05, 3.63) is 102 Å². The Labute approximate surface area is 133 Å². The molecule has 0 atom stereocenters. The van der Waals surface area contributed by atoms with Crippen LogP contribution in [-0.2, 0) is 0 Å². The lowest BCUT2D eigenvalue weighted by atomic mass is 9.99. The molecule has 0 aliphatic rings. The van der Waals surface area contributed by atoms with E-state index in [2.05, 4.69) is 80.3 Å². The molecular weight excluding hydrogens is 264 g/mol. The number of allylic oxidation sites excluding steroid dienone is 6. The van der Waals surface area contributed by atoms with Crippen LogP contribution in [-0.4, -0.2) is 0 Å². The highest BCUT2D eigenvalue weighted by atomic mass is 14.0. The molecule has 22 heavy (non-hydrogen) atoms. The van der Waals surface area contributed by atoms with Crippen LogP contribution in [0.4, 0.5) is 0 Å². The van der Waals surface area contributed by atoms with Crippen molar-refractivity contribution in [2.75, 3.05) is 0 Å². The molecule has 0 bridgehead atoms. The highest BCUT2D eigenvalue weighted by Gasteiger charge is 2.00. The minimum atomic E-state index is 1.20. The second kappa shape index (κ2) is 7.99. The molecule has 2 rings (SSSR count). The van der Waals surface area contributed by atoms with E-state index in [1.165, 1.54) is 27.8 Å². The van der Waals surface area contributed by atoms with Gasteiger partial charge in [0.25, 0.3) is 0 Å². The summed E-state index contributed by atoms with van der Waals surface area (Å²) in [4.78, 5) is 0. The predicted octanol–water partition coefficient (Wildman–Crippen LogP) is 6.45. The smallest absolute Gasteiger partial charge is 0.0178 e. The fraction of sp³-hybridized carbons (Fsp3) is 0.0909. The lowest BCUT2D eigenvalue weighted by molar-refractivity contribution is 1.43. The van der Waals surface area contributed by atoms with Crippen LogP contribution < -0.4 is 0 Å². The Morgan fingerprint density at radius 3 is 2.36 bits per heavy atom. The van der Waals surface area contributed by atoms with E-state index in [9.17, 15) is 0 Å². The van der Waals surface area contributed by atoms with E-state index in [1.807, 2.05) is 25.1 Å². The average molecular weight is 286 g/mol. The van der Waals surface area contributed by atoms with Crippen LogP contribution >= 0.6 is 0 Å². The second-order valence-electron chi connectivity index (χ2n) is 5.18. The lowest BCUT2D eigenvalue weighted by Gasteiger charge is -2.06. The lowest BCUT2D eigenvalue weighted by Crippen LogP contribution is -1.84. The van der Waals surface area contributed by atoms with E-state index < -0.39 is 0 Å².